The number of nitrogens with zero attached hydrogens (tertiary/aromatic N) is 6. The van der Waals surface area contributed by atoms with Crippen LogP contribution in [-0.4, -0.2) is 34.0 Å². The Morgan fingerprint density at radius 3 is 2.63 bits per heavy atom. The van der Waals surface area contributed by atoms with E-state index < -0.39 is 0 Å². The lowest BCUT2D eigenvalue weighted by Gasteiger charge is -2.08. The van der Waals surface area contributed by atoms with Crippen molar-refractivity contribution in [2.45, 2.75) is 18.1 Å². The first-order valence-electron chi connectivity index (χ1n) is 8.64. The first-order valence-corrected chi connectivity index (χ1v) is 9.62. The normalized spacial score (nSPS) is 11.7. The lowest BCUT2D eigenvalue weighted by Crippen LogP contribution is -2.39. The molecule has 0 atom stereocenters. The summed E-state index contributed by atoms with van der Waals surface area (Å²) in [6.45, 7) is 0.365. The van der Waals surface area contributed by atoms with Crippen molar-refractivity contribution in [3.05, 3.63) is 51.4 Å². The summed E-state index contributed by atoms with van der Waals surface area (Å²) in [6, 6.07) is 8.00. The fraction of sp³-hybridized carbons (Fsp3) is 0.333. The molecule has 27 heavy (non-hydrogen) atoms. The third kappa shape index (κ3) is 2.87. The Balaban J connectivity index is 1.52. The van der Waals surface area contributed by atoms with Crippen LogP contribution in [0.1, 0.15) is 6.42 Å². The second kappa shape index (κ2) is 6.73. The number of hydrogen-bond donors (Lipinski definition) is 0. The Labute approximate surface area is 159 Å². The van der Waals surface area contributed by atoms with E-state index in [0.717, 1.165) is 21.9 Å². The van der Waals surface area contributed by atoms with E-state index in [1.54, 1.807) is 36.8 Å². The van der Waals surface area contributed by atoms with Crippen LogP contribution in [0.4, 0.5) is 0 Å². The quantitative estimate of drug-likeness (QED) is 0.385. The minimum absolute atomic E-state index is 0.291. The average molecular weight is 384 g/mol. The molecule has 0 spiro atoms. The first kappa shape index (κ1) is 17.6. The Bertz CT molecular complexity index is 1260. The van der Waals surface area contributed by atoms with E-state index in [9.17, 15) is 9.59 Å². The molecule has 3 aromatic heterocycles. The summed E-state index contributed by atoms with van der Waals surface area (Å²) < 4.78 is 6.43. The van der Waals surface area contributed by atoms with E-state index in [4.69, 9.17) is 0 Å². The van der Waals surface area contributed by atoms with Gasteiger partial charge in [-0.1, -0.05) is 23.9 Å². The molecule has 140 valence electrons. The van der Waals surface area contributed by atoms with E-state index in [2.05, 4.69) is 14.5 Å². The molecule has 0 aliphatic heterocycles. The van der Waals surface area contributed by atoms with E-state index in [1.807, 2.05) is 31.3 Å². The molecule has 0 aliphatic rings. The molecule has 0 radical (unpaired) electrons. The van der Waals surface area contributed by atoms with Crippen LogP contribution < -0.4 is 11.2 Å². The summed E-state index contributed by atoms with van der Waals surface area (Å²) in [6.07, 6.45) is 2.24. The number of thioether (sulfide) groups is 1. The maximum atomic E-state index is 12.7. The van der Waals surface area contributed by atoms with E-state index in [1.165, 1.54) is 9.13 Å². The standard InChI is InChI=1S/C18H20N6O2S/c1-21-11-19-15-14(21)16(25)24(18(26)23(15)3)9-6-10-27-17-20-12-7-4-5-8-13(12)22(17)2/h4-5,7-8,11H,6,9-10H2,1-3H3. The summed E-state index contributed by atoms with van der Waals surface area (Å²) in [5.41, 5.74) is 2.29. The van der Waals surface area contributed by atoms with Crippen LogP contribution in [0.3, 0.4) is 0 Å². The zero-order valence-corrected chi connectivity index (χ0v) is 16.2. The SMILES string of the molecule is Cn1cnc2c1c(=O)n(CCCSc1nc3ccccc3n1C)c(=O)n2C. The molecular formula is C18H20N6O2S. The third-order valence-corrected chi connectivity index (χ3v) is 5.82. The minimum atomic E-state index is -0.334. The molecule has 8 nitrogen and oxygen atoms in total. The number of hydrogen-bond acceptors (Lipinski definition) is 5. The Kier molecular flexibility index (Phi) is 4.39. The van der Waals surface area contributed by atoms with Crippen LogP contribution in [0.2, 0.25) is 0 Å². The van der Waals surface area contributed by atoms with Crippen molar-refractivity contribution in [3.63, 3.8) is 0 Å². The van der Waals surface area contributed by atoms with Crippen molar-refractivity contribution in [2.24, 2.45) is 21.1 Å². The van der Waals surface area contributed by atoms with Crippen molar-refractivity contribution >= 4 is 34.0 Å². The fourth-order valence-electron chi connectivity index (χ4n) is 3.23. The molecule has 4 rings (SSSR count). The van der Waals surface area contributed by atoms with Gasteiger partial charge in [-0.3, -0.25) is 13.9 Å². The van der Waals surface area contributed by atoms with Gasteiger partial charge in [0.1, 0.15) is 0 Å². The number of para-hydroxylation sites is 2. The van der Waals surface area contributed by atoms with Crippen LogP contribution in [-0.2, 0) is 27.7 Å². The van der Waals surface area contributed by atoms with Gasteiger partial charge < -0.3 is 9.13 Å². The lowest BCUT2D eigenvalue weighted by molar-refractivity contribution is 0.594. The summed E-state index contributed by atoms with van der Waals surface area (Å²) in [5.74, 6) is 0.760. The number of aryl methyl sites for hydroxylation is 3. The molecule has 0 N–H and O–H groups in total. The van der Waals surface area contributed by atoms with Gasteiger partial charge in [-0.25, -0.2) is 14.8 Å². The molecular weight excluding hydrogens is 364 g/mol. The largest absolute Gasteiger partial charge is 0.332 e. The summed E-state index contributed by atoms with van der Waals surface area (Å²) in [4.78, 5) is 34.0. The summed E-state index contributed by atoms with van der Waals surface area (Å²) in [5, 5.41) is 0.929. The summed E-state index contributed by atoms with van der Waals surface area (Å²) in [7, 11) is 5.39. The molecule has 9 heteroatoms. The number of benzene rings is 1. The van der Waals surface area contributed by atoms with Gasteiger partial charge in [0.25, 0.3) is 5.56 Å². The van der Waals surface area contributed by atoms with Crippen molar-refractivity contribution < 1.29 is 0 Å². The van der Waals surface area contributed by atoms with Gasteiger partial charge in [0.2, 0.25) is 0 Å². The minimum Gasteiger partial charge on any atom is -0.328 e. The number of imidazole rings is 2. The van der Waals surface area contributed by atoms with Gasteiger partial charge in [0, 0.05) is 33.4 Å². The predicted molar refractivity (Wildman–Crippen MR) is 106 cm³/mol. The van der Waals surface area contributed by atoms with Gasteiger partial charge in [-0.15, -0.1) is 0 Å². The van der Waals surface area contributed by atoms with Crippen LogP contribution in [0, 0.1) is 0 Å². The molecule has 0 amide bonds. The highest BCUT2D eigenvalue weighted by molar-refractivity contribution is 7.99. The molecule has 3 heterocycles. The molecule has 0 unspecified atom stereocenters. The maximum Gasteiger partial charge on any atom is 0.332 e. The van der Waals surface area contributed by atoms with Crippen molar-refractivity contribution in [1.82, 2.24) is 28.2 Å². The highest BCUT2D eigenvalue weighted by atomic mass is 32.2. The lowest BCUT2D eigenvalue weighted by atomic mass is 10.3. The van der Waals surface area contributed by atoms with E-state index in [0.29, 0.717) is 24.1 Å². The van der Waals surface area contributed by atoms with Crippen LogP contribution >= 0.6 is 11.8 Å². The second-order valence-electron chi connectivity index (χ2n) is 6.47. The smallest absolute Gasteiger partial charge is 0.328 e. The Morgan fingerprint density at radius 2 is 1.85 bits per heavy atom. The highest BCUT2D eigenvalue weighted by Gasteiger charge is 2.14. The number of fused-ring (bicyclic) bond motifs is 2. The topological polar surface area (TPSA) is 79.6 Å². The number of rotatable bonds is 5. The Hall–Kier alpha value is -2.81. The molecule has 0 bridgehead atoms. The fourth-order valence-corrected chi connectivity index (χ4v) is 4.14. The second-order valence-corrected chi connectivity index (χ2v) is 7.53. The molecule has 0 saturated heterocycles. The van der Waals surface area contributed by atoms with Gasteiger partial charge in [0.05, 0.1) is 17.4 Å². The van der Waals surface area contributed by atoms with Crippen molar-refractivity contribution in [2.75, 3.05) is 5.75 Å². The third-order valence-electron chi connectivity index (χ3n) is 4.70. The van der Waals surface area contributed by atoms with Gasteiger partial charge in [-0.05, 0) is 18.6 Å². The van der Waals surface area contributed by atoms with Crippen LogP contribution in [0.15, 0.2) is 45.3 Å². The number of aromatic nitrogens is 6. The molecule has 0 aliphatic carbocycles. The monoisotopic (exact) mass is 384 g/mol. The maximum absolute atomic E-state index is 12.7. The predicted octanol–water partition coefficient (Wildman–Crippen LogP) is 1.50. The van der Waals surface area contributed by atoms with Crippen LogP contribution in [0.5, 0.6) is 0 Å². The van der Waals surface area contributed by atoms with E-state index in [-0.39, 0.29) is 11.2 Å². The van der Waals surface area contributed by atoms with Crippen molar-refractivity contribution in [1.29, 1.82) is 0 Å². The average Bonchev–Trinajstić information content (AvgIpc) is 3.20. The molecule has 4 aromatic rings. The van der Waals surface area contributed by atoms with Gasteiger partial charge >= 0.3 is 5.69 Å². The highest BCUT2D eigenvalue weighted by Crippen LogP contribution is 2.23. The molecule has 0 fully saturated rings. The van der Waals surface area contributed by atoms with E-state index >= 15 is 0 Å². The zero-order valence-electron chi connectivity index (χ0n) is 15.4. The zero-order chi connectivity index (χ0) is 19.1. The van der Waals surface area contributed by atoms with Gasteiger partial charge in [0.15, 0.2) is 16.3 Å². The van der Waals surface area contributed by atoms with Crippen molar-refractivity contribution in [3.8, 4) is 0 Å². The Morgan fingerprint density at radius 1 is 1.07 bits per heavy atom. The summed E-state index contributed by atoms with van der Waals surface area (Å²) >= 11 is 1.63. The van der Waals surface area contributed by atoms with Crippen LogP contribution in [0.25, 0.3) is 22.2 Å². The van der Waals surface area contributed by atoms with Gasteiger partial charge in [-0.2, -0.15) is 0 Å². The first-order chi connectivity index (χ1) is 13.0. The molecule has 1 aromatic carbocycles. The molecule has 0 saturated carbocycles.